The molecule has 1 atom stereocenters. The van der Waals surface area contributed by atoms with Crippen LogP contribution in [-0.2, 0) is 20.9 Å². The van der Waals surface area contributed by atoms with Gasteiger partial charge in [-0.1, -0.05) is 29.8 Å². The molecule has 8 heteroatoms. The Morgan fingerprint density at radius 2 is 2.00 bits per heavy atom. The Kier molecular flexibility index (Phi) is 6.10. The molecule has 4 rings (SSSR count). The number of piperidine rings is 1. The Bertz CT molecular complexity index is 1240. The van der Waals surface area contributed by atoms with Gasteiger partial charge in [-0.25, -0.2) is 4.79 Å². The minimum atomic E-state index is -0.581. The molecule has 0 bridgehead atoms. The van der Waals surface area contributed by atoms with Crippen molar-refractivity contribution < 1.29 is 19.1 Å². The Hall–Kier alpha value is -3.45. The number of hydrogen-bond donors (Lipinski definition) is 2. The smallest absolute Gasteiger partial charge is 0.411 e. The minimum absolute atomic E-state index is 0.0803. The number of aromatic nitrogens is 1. The molecule has 1 fully saturated rings. The summed E-state index contributed by atoms with van der Waals surface area (Å²) in [6.07, 6.45) is 0.217. The zero-order valence-electron chi connectivity index (χ0n) is 17.7. The number of fused-ring (bicyclic) bond motifs is 1. The van der Waals surface area contributed by atoms with Gasteiger partial charge in [0.05, 0.1) is 11.4 Å². The van der Waals surface area contributed by atoms with E-state index in [9.17, 15) is 14.4 Å². The van der Waals surface area contributed by atoms with Gasteiger partial charge in [-0.05, 0) is 61.2 Å². The van der Waals surface area contributed by atoms with Crippen LogP contribution in [0, 0.1) is 13.8 Å². The van der Waals surface area contributed by atoms with Gasteiger partial charge in [-0.2, -0.15) is 0 Å². The summed E-state index contributed by atoms with van der Waals surface area (Å²) in [6, 6.07) is 12.8. The average Bonchev–Trinajstić information content (AvgIpc) is 2.75. The largest absolute Gasteiger partial charge is 0.444 e. The number of nitrogens with zero attached hydrogens (tertiary/aromatic N) is 1. The van der Waals surface area contributed by atoms with Crippen LogP contribution in [0.3, 0.4) is 0 Å². The predicted octanol–water partition coefficient (Wildman–Crippen LogP) is 4.77. The quantitative estimate of drug-likeness (QED) is 0.556. The SMILES string of the molecule is Cc1ccc(NC(=O)OCc2ccc3cc([C@H]4CCC(=O)NC4=O)c(C)nc3c2)cc1Cl. The molecule has 2 N–H and O–H groups in total. The van der Waals surface area contributed by atoms with E-state index < -0.39 is 6.09 Å². The second-order valence-corrected chi connectivity index (χ2v) is 8.27. The summed E-state index contributed by atoms with van der Waals surface area (Å²) < 4.78 is 5.32. The van der Waals surface area contributed by atoms with Crippen LogP contribution in [-0.4, -0.2) is 22.9 Å². The Morgan fingerprint density at radius 3 is 2.75 bits per heavy atom. The zero-order chi connectivity index (χ0) is 22.8. The van der Waals surface area contributed by atoms with Gasteiger partial charge >= 0.3 is 6.09 Å². The first-order valence-electron chi connectivity index (χ1n) is 10.2. The van der Waals surface area contributed by atoms with Gasteiger partial charge in [-0.15, -0.1) is 0 Å². The lowest BCUT2D eigenvalue weighted by Gasteiger charge is -2.22. The molecule has 3 aromatic rings. The van der Waals surface area contributed by atoms with Gasteiger partial charge in [0.25, 0.3) is 0 Å². The number of benzene rings is 2. The molecule has 2 aromatic carbocycles. The van der Waals surface area contributed by atoms with Crippen LogP contribution in [0.5, 0.6) is 0 Å². The number of pyridine rings is 1. The highest BCUT2D eigenvalue weighted by Gasteiger charge is 2.29. The molecule has 1 aliphatic rings. The molecular weight excluding hydrogens is 430 g/mol. The zero-order valence-corrected chi connectivity index (χ0v) is 18.5. The predicted molar refractivity (Wildman–Crippen MR) is 122 cm³/mol. The van der Waals surface area contributed by atoms with Crippen molar-refractivity contribution >= 4 is 46.1 Å². The highest BCUT2D eigenvalue weighted by atomic mass is 35.5. The van der Waals surface area contributed by atoms with Crippen LogP contribution in [0.1, 0.15) is 41.1 Å². The second-order valence-electron chi connectivity index (χ2n) is 7.86. The molecule has 1 aromatic heterocycles. The van der Waals surface area contributed by atoms with Crippen LogP contribution in [0.4, 0.5) is 10.5 Å². The lowest BCUT2D eigenvalue weighted by molar-refractivity contribution is -0.134. The highest BCUT2D eigenvalue weighted by Crippen LogP contribution is 2.29. The highest BCUT2D eigenvalue weighted by molar-refractivity contribution is 6.31. The molecule has 7 nitrogen and oxygen atoms in total. The fraction of sp³-hybridized carbons (Fsp3) is 0.250. The summed E-state index contributed by atoms with van der Waals surface area (Å²) in [4.78, 5) is 40.4. The molecule has 3 amide bonds. The number of nitrogens with one attached hydrogen (secondary N) is 2. The Morgan fingerprint density at radius 1 is 1.19 bits per heavy atom. The number of rotatable bonds is 4. The van der Waals surface area contributed by atoms with Crippen molar-refractivity contribution in [2.45, 2.75) is 39.2 Å². The van der Waals surface area contributed by atoms with E-state index in [0.717, 1.165) is 33.3 Å². The third kappa shape index (κ3) is 4.73. The van der Waals surface area contributed by atoms with Crippen molar-refractivity contribution in [3.8, 4) is 0 Å². The maximum Gasteiger partial charge on any atom is 0.411 e. The van der Waals surface area contributed by atoms with Crippen LogP contribution >= 0.6 is 11.6 Å². The van der Waals surface area contributed by atoms with E-state index in [4.69, 9.17) is 16.3 Å². The normalized spacial score (nSPS) is 16.0. The molecule has 32 heavy (non-hydrogen) atoms. The first-order chi connectivity index (χ1) is 15.3. The average molecular weight is 452 g/mol. The van der Waals surface area contributed by atoms with E-state index in [1.165, 1.54) is 0 Å². The van der Waals surface area contributed by atoms with Crippen molar-refractivity contribution in [2.24, 2.45) is 0 Å². The molecule has 0 spiro atoms. The van der Waals surface area contributed by atoms with Crippen molar-refractivity contribution in [3.63, 3.8) is 0 Å². The summed E-state index contributed by atoms with van der Waals surface area (Å²) in [5.74, 6) is -0.903. The molecule has 0 radical (unpaired) electrons. The first kappa shape index (κ1) is 21.8. The molecular formula is C24H22ClN3O4. The van der Waals surface area contributed by atoms with E-state index in [-0.39, 0.29) is 24.3 Å². The summed E-state index contributed by atoms with van der Waals surface area (Å²) in [5.41, 5.74) is 4.56. The molecule has 0 aliphatic carbocycles. The number of halogens is 1. The van der Waals surface area contributed by atoms with E-state index in [2.05, 4.69) is 15.6 Å². The van der Waals surface area contributed by atoms with Crippen LogP contribution < -0.4 is 10.6 Å². The summed E-state index contributed by atoms with van der Waals surface area (Å²) in [6.45, 7) is 3.81. The number of amides is 3. The molecule has 164 valence electrons. The number of carbonyl (C=O) groups is 3. The van der Waals surface area contributed by atoms with Gasteiger partial charge in [0.15, 0.2) is 0 Å². The third-order valence-electron chi connectivity index (χ3n) is 5.51. The van der Waals surface area contributed by atoms with Gasteiger partial charge in [0.1, 0.15) is 6.61 Å². The van der Waals surface area contributed by atoms with Crippen LogP contribution in [0.25, 0.3) is 10.9 Å². The van der Waals surface area contributed by atoms with Gasteiger partial charge in [-0.3, -0.25) is 25.2 Å². The molecule has 1 aliphatic heterocycles. The van der Waals surface area contributed by atoms with Gasteiger partial charge in [0.2, 0.25) is 11.8 Å². The topological polar surface area (TPSA) is 97.4 Å². The first-order valence-corrected chi connectivity index (χ1v) is 10.6. The van der Waals surface area contributed by atoms with Crippen LogP contribution in [0.15, 0.2) is 42.5 Å². The summed E-state index contributed by atoms with van der Waals surface area (Å²) in [5, 5.41) is 6.49. The number of imide groups is 1. The fourth-order valence-electron chi connectivity index (χ4n) is 3.73. The fourth-order valence-corrected chi connectivity index (χ4v) is 3.91. The third-order valence-corrected chi connectivity index (χ3v) is 5.92. The lowest BCUT2D eigenvalue weighted by atomic mass is 9.89. The molecule has 2 heterocycles. The lowest BCUT2D eigenvalue weighted by Crippen LogP contribution is -2.39. The monoisotopic (exact) mass is 451 g/mol. The van der Waals surface area contributed by atoms with Crippen molar-refractivity contribution in [1.82, 2.24) is 10.3 Å². The number of ether oxygens (including phenoxy) is 1. The number of anilines is 1. The number of aryl methyl sites for hydroxylation is 2. The molecule has 1 saturated heterocycles. The van der Waals surface area contributed by atoms with Crippen molar-refractivity contribution in [2.75, 3.05) is 5.32 Å². The second kappa shape index (κ2) is 8.96. The molecule has 0 saturated carbocycles. The van der Waals surface area contributed by atoms with Gasteiger partial charge < -0.3 is 4.74 Å². The molecule has 0 unspecified atom stereocenters. The van der Waals surface area contributed by atoms with Crippen molar-refractivity contribution in [3.05, 3.63) is 69.9 Å². The maximum absolute atomic E-state index is 12.2. The van der Waals surface area contributed by atoms with Crippen LogP contribution in [0.2, 0.25) is 5.02 Å². The van der Waals surface area contributed by atoms with E-state index >= 15 is 0 Å². The van der Waals surface area contributed by atoms with E-state index in [1.807, 2.05) is 44.2 Å². The van der Waals surface area contributed by atoms with Gasteiger partial charge in [0, 0.05) is 28.2 Å². The maximum atomic E-state index is 12.2. The van der Waals surface area contributed by atoms with E-state index in [1.54, 1.807) is 12.1 Å². The number of carbonyl (C=O) groups excluding carboxylic acids is 3. The van der Waals surface area contributed by atoms with Crippen molar-refractivity contribution in [1.29, 1.82) is 0 Å². The Balaban J connectivity index is 1.45. The summed E-state index contributed by atoms with van der Waals surface area (Å²) >= 11 is 6.08. The summed E-state index contributed by atoms with van der Waals surface area (Å²) in [7, 11) is 0. The standard InChI is InChI=1S/C24H22ClN3O4/c1-13-3-6-17(11-20(13)25)27-24(31)32-12-15-4-5-16-10-19(14(2)26-21(16)9-15)18-7-8-22(29)28-23(18)30/h3-6,9-11,18H,7-8,12H2,1-2H3,(H,27,31)(H,28,29,30)/t18-/m1/s1. The number of hydrogen-bond acceptors (Lipinski definition) is 5. The minimum Gasteiger partial charge on any atom is -0.444 e. The van der Waals surface area contributed by atoms with E-state index in [0.29, 0.717) is 23.6 Å². The Labute approximate surface area is 190 Å².